The highest BCUT2D eigenvalue weighted by atomic mass is 32.2. The molecule has 2 atom stereocenters. The normalized spacial score (nSPS) is 13.3. The molecule has 0 radical (unpaired) electrons. The molecule has 0 amide bonds. The SMILES string of the molecule is C=C(C)C(=O)OCC(O)COOCCSCC(C)C(=O)OC. The van der Waals surface area contributed by atoms with Crippen LogP contribution in [0.15, 0.2) is 12.2 Å². The summed E-state index contributed by atoms with van der Waals surface area (Å²) in [6.07, 6.45) is -0.963. The highest BCUT2D eigenvalue weighted by molar-refractivity contribution is 7.99. The Bertz CT molecular complexity index is 359. The van der Waals surface area contributed by atoms with Crippen LogP contribution in [0.2, 0.25) is 0 Å². The van der Waals surface area contributed by atoms with Crippen LogP contribution in [-0.2, 0) is 28.8 Å². The number of hydrogen-bond donors (Lipinski definition) is 1. The Hall–Kier alpha value is -1.09. The second-order valence-corrected chi connectivity index (χ2v) is 5.79. The van der Waals surface area contributed by atoms with Gasteiger partial charge in [-0.25, -0.2) is 14.6 Å². The fourth-order valence-electron chi connectivity index (χ4n) is 1.15. The van der Waals surface area contributed by atoms with Crippen LogP contribution in [0.4, 0.5) is 0 Å². The van der Waals surface area contributed by atoms with Crippen molar-refractivity contribution in [3.05, 3.63) is 12.2 Å². The van der Waals surface area contributed by atoms with Gasteiger partial charge in [0.05, 0.1) is 19.6 Å². The molecule has 0 rings (SSSR count). The van der Waals surface area contributed by atoms with Gasteiger partial charge in [0.25, 0.3) is 0 Å². The average molecular weight is 336 g/mol. The van der Waals surface area contributed by atoms with Gasteiger partial charge in [-0.15, -0.1) is 0 Å². The maximum Gasteiger partial charge on any atom is 0.333 e. The molecule has 0 saturated heterocycles. The number of thioether (sulfide) groups is 1. The minimum absolute atomic E-state index is 0.104. The van der Waals surface area contributed by atoms with Crippen molar-refractivity contribution in [2.24, 2.45) is 5.92 Å². The van der Waals surface area contributed by atoms with Gasteiger partial charge in [-0.1, -0.05) is 13.5 Å². The molecule has 1 N–H and O–H groups in total. The molecule has 0 fully saturated rings. The van der Waals surface area contributed by atoms with Crippen molar-refractivity contribution in [1.29, 1.82) is 0 Å². The van der Waals surface area contributed by atoms with Gasteiger partial charge in [0.15, 0.2) is 0 Å². The van der Waals surface area contributed by atoms with Gasteiger partial charge in [-0.05, 0) is 6.92 Å². The standard InChI is InChI=1S/C14H24O7S/c1-10(2)13(16)19-7-12(15)8-21-20-5-6-22-9-11(3)14(17)18-4/h11-12,15H,1,5-9H2,2-4H3. The van der Waals surface area contributed by atoms with E-state index in [0.29, 0.717) is 18.1 Å². The summed E-state index contributed by atoms with van der Waals surface area (Å²) >= 11 is 1.53. The quantitative estimate of drug-likeness (QED) is 0.185. The summed E-state index contributed by atoms with van der Waals surface area (Å²) in [7, 11) is 1.36. The molecule has 2 unspecified atom stereocenters. The van der Waals surface area contributed by atoms with Crippen molar-refractivity contribution in [3.63, 3.8) is 0 Å². The van der Waals surface area contributed by atoms with Gasteiger partial charge in [0.1, 0.15) is 19.3 Å². The van der Waals surface area contributed by atoms with Crippen molar-refractivity contribution < 1.29 is 33.9 Å². The van der Waals surface area contributed by atoms with Crippen LogP contribution in [0.25, 0.3) is 0 Å². The molecule has 7 nitrogen and oxygen atoms in total. The molecule has 0 aromatic heterocycles. The lowest BCUT2D eigenvalue weighted by Crippen LogP contribution is -2.24. The molecular formula is C14H24O7S. The second-order valence-electron chi connectivity index (χ2n) is 4.64. The molecule has 0 spiro atoms. The highest BCUT2D eigenvalue weighted by Gasteiger charge is 2.12. The van der Waals surface area contributed by atoms with Crippen molar-refractivity contribution >= 4 is 23.7 Å². The summed E-state index contributed by atoms with van der Waals surface area (Å²) in [5, 5.41) is 9.48. The van der Waals surface area contributed by atoms with Crippen LogP contribution >= 0.6 is 11.8 Å². The van der Waals surface area contributed by atoms with E-state index in [1.54, 1.807) is 6.92 Å². The van der Waals surface area contributed by atoms with E-state index < -0.39 is 12.1 Å². The minimum Gasteiger partial charge on any atom is -0.469 e. The van der Waals surface area contributed by atoms with E-state index in [-0.39, 0.29) is 30.7 Å². The number of methoxy groups -OCH3 is 1. The van der Waals surface area contributed by atoms with Crippen LogP contribution in [0.3, 0.4) is 0 Å². The molecule has 0 aliphatic heterocycles. The van der Waals surface area contributed by atoms with E-state index in [4.69, 9.17) is 14.5 Å². The van der Waals surface area contributed by atoms with Crippen LogP contribution in [0, 0.1) is 5.92 Å². The topological polar surface area (TPSA) is 91.3 Å². The smallest absolute Gasteiger partial charge is 0.333 e. The zero-order valence-electron chi connectivity index (χ0n) is 13.2. The molecule has 22 heavy (non-hydrogen) atoms. The van der Waals surface area contributed by atoms with E-state index >= 15 is 0 Å². The molecule has 0 heterocycles. The summed E-state index contributed by atoms with van der Waals surface area (Å²) < 4.78 is 9.36. The third-order valence-electron chi connectivity index (χ3n) is 2.38. The number of esters is 2. The van der Waals surface area contributed by atoms with E-state index in [2.05, 4.69) is 11.3 Å². The van der Waals surface area contributed by atoms with Crippen LogP contribution in [0.5, 0.6) is 0 Å². The van der Waals surface area contributed by atoms with Crippen LogP contribution < -0.4 is 0 Å². The summed E-state index contributed by atoms with van der Waals surface area (Å²) in [5.41, 5.74) is 0.266. The highest BCUT2D eigenvalue weighted by Crippen LogP contribution is 2.09. The van der Waals surface area contributed by atoms with Crippen LogP contribution in [0.1, 0.15) is 13.8 Å². The van der Waals surface area contributed by atoms with Crippen molar-refractivity contribution in [2.45, 2.75) is 20.0 Å². The molecule has 0 bridgehead atoms. The Labute approximate surface area is 134 Å². The van der Waals surface area contributed by atoms with Gasteiger partial charge in [0.2, 0.25) is 0 Å². The number of carbonyl (C=O) groups excluding carboxylic acids is 2. The number of aliphatic hydroxyl groups excluding tert-OH is 1. The summed E-state index contributed by atoms with van der Waals surface area (Å²) in [6.45, 7) is 6.77. The maximum absolute atomic E-state index is 11.1. The minimum atomic E-state index is -0.963. The number of ether oxygens (including phenoxy) is 2. The molecule has 0 aromatic carbocycles. The lowest BCUT2D eigenvalue weighted by molar-refractivity contribution is -0.302. The first-order chi connectivity index (χ1) is 10.4. The molecule has 0 saturated carbocycles. The maximum atomic E-state index is 11.1. The average Bonchev–Trinajstić information content (AvgIpc) is 2.50. The predicted molar refractivity (Wildman–Crippen MR) is 82.2 cm³/mol. The zero-order valence-corrected chi connectivity index (χ0v) is 14.0. The molecule has 0 aromatic rings. The molecule has 128 valence electrons. The molecule has 8 heteroatoms. The largest absolute Gasteiger partial charge is 0.469 e. The lowest BCUT2D eigenvalue weighted by atomic mass is 10.2. The van der Waals surface area contributed by atoms with E-state index in [1.165, 1.54) is 25.8 Å². The lowest BCUT2D eigenvalue weighted by Gasteiger charge is -2.11. The number of rotatable bonds is 12. The van der Waals surface area contributed by atoms with E-state index in [0.717, 1.165) is 0 Å². The van der Waals surface area contributed by atoms with Gasteiger partial charge < -0.3 is 14.6 Å². The first-order valence-electron chi connectivity index (χ1n) is 6.79. The van der Waals surface area contributed by atoms with Gasteiger partial charge in [-0.3, -0.25) is 4.79 Å². The molecular weight excluding hydrogens is 312 g/mol. The van der Waals surface area contributed by atoms with Gasteiger partial charge >= 0.3 is 11.9 Å². The third kappa shape index (κ3) is 10.6. The number of hydrogen-bond acceptors (Lipinski definition) is 8. The second kappa shape index (κ2) is 12.5. The van der Waals surface area contributed by atoms with Gasteiger partial charge in [0, 0.05) is 17.1 Å². The summed E-state index contributed by atoms with van der Waals surface area (Å²) in [5.74, 6) is 0.311. The van der Waals surface area contributed by atoms with Crippen molar-refractivity contribution in [2.75, 3.05) is 38.4 Å². The molecule has 0 aliphatic carbocycles. The predicted octanol–water partition coefficient (Wildman–Crippen LogP) is 0.957. The Kier molecular flexibility index (Phi) is 11.8. The Morgan fingerprint density at radius 3 is 2.55 bits per heavy atom. The number of aliphatic hydroxyl groups is 1. The number of carbonyl (C=O) groups is 2. The molecule has 0 aliphatic rings. The summed E-state index contributed by atoms with van der Waals surface area (Å²) in [4.78, 5) is 31.9. The van der Waals surface area contributed by atoms with Crippen molar-refractivity contribution in [3.8, 4) is 0 Å². The first kappa shape index (κ1) is 20.9. The Morgan fingerprint density at radius 2 is 1.95 bits per heavy atom. The first-order valence-corrected chi connectivity index (χ1v) is 7.94. The third-order valence-corrected chi connectivity index (χ3v) is 3.57. The zero-order chi connectivity index (χ0) is 17.0. The Morgan fingerprint density at radius 1 is 1.27 bits per heavy atom. The van der Waals surface area contributed by atoms with Crippen molar-refractivity contribution in [1.82, 2.24) is 0 Å². The van der Waals surface area contributed by atoms with Crippen LogP contribution in [-0.4, -0.2) is 61.6 Å². The van der Waals surface area contributed by atoms with E-state index in [9.17, 15) is 14.7 Å². The summed E-state index contributed by atoms with van der Waals surface area (Å²) in [6, 6.07) is 0. The van der Waals surface area contributed by atoms with Gasteiger partial charge in [-0.2, -0.15) is 11.8 Å². The monoisotopic (exact) mass is 336 g/mol. The fraction of sp³-hybridized carbons (Fsp3) is 0.714. The van der Waals surface area contributed by atoms with E-state index in [1.807, 2.05) is 0 Å². The Balaban J connectivity index is 3.47. The fourth-order valence-corrected chi connectivity index (χ4v) is 1.99.